The van der Waals surface area contributed by atoms with Crippen LogP contribution in [-0.2, 0) is 21.4 Å². The van der Waals surface area contributed by atoms with Gasteiger partial charge in [-0.1, -0.05) is 11.6 Å². The Kier molecular flexibility index (Phi) is 7.15. The van der Waals surface area contributed by atoms with Crippen molar-refractivity contribution in [3.8, 4) is 0 Å². The van der Waals surface area contributed by atoms with Crippen LogP contribution in [0.15, 0.2) is 47.5 Å². The molecule has 1 saturated heterocycles. The Bertz CT molecular complexity index is 1330. The van der Waals surface area contributed by atoms with Crippen LogP contribution in [0.4, 0.5) is 23.4 Å². The zero-order chi connectivity index (χ0) is 25.3. The standard InChI is InChI=1S/C22H19ClF4N4O3S/c23-14-1-3-15(4-2-14)35(33,34)31-9-5-13(6-10-31)22(32)28-19-7-8-30(29-19)12-16-20(26)17(24)11-18(25)21(16)27/h1-4,7-8,11,13H,5-6,9-10,12H2,(H,28,29,32). The Morgan fingerprint density at radius 2 is 1.63 bits per heavy atom. The normalized spacial score (nSPS) is 15.3. The minimum absolute atomic E-state index is 0.0731. The van der Waals surface area contributed by atoms with Crippen molar-refractivity contribution in [2.45, 2.75) is 24.3 Å². The maximum absolute atomic E-state index is 13.9. The fourth-order valence-corrected chi connectivity index (χ4v) is 5.38. The summed E-state index contributed by atoms with van der Waals surface area (Å²) in [6.07, 6.45) is 1.84. The lowest BCUT2D eigenvalue weighted by atomic mass is 9.97. The number of anilines is 1. The van der Waals surface area contributed by atoms with Crippen molar-refractivity contribution in [1.29, 1.82) is 0 Å². The Morgan fingerprint density at radius 1 is 1.03 bits per heavy atom. The molecule has 0 radical (unpaired) electrons. The van der Waals surface area contributed by atoms with Crippen LogP contribution in [0.1, 0.15) is 18.4 Å². The molecule has 186 valence electrons. The second kappa shape index (κ2) is 9.96. The van der Waals surface area contributed by atoms with Gasteiger partial charge in [0.05, 0.1) is 17.0 Å². The topological polar surface area (TPSA) is 84.3 Å². The summed E-state index contributed by atoms with van der Waals surface area (Å²) in [5.41, 5.74) is -0.835. The van der Waals surface area contributed by atoms with E-state index in [4.69, 9.17) is 11.6 Å². The first-order valence-electron chi connectivity index (χ1n) is 10.5. The van der Waals surface area contributed by atoms with E-state index >= 15 is 0 Å². The second-order valence-electron chi connectivity index (χ2n) is 7.97. The van der Waals surface area contributed by atoms with Crippen molar-refractivity contribution in [2.75, 3.05) is 18.4 Å². The van der Waals surface area contributed by atoms with Gasteiger partial charge < -0.3 is 5.32 Å². The summed E-state index contributed by atoms with van der Waals surface area (Å²) in [4.78, 5) is 12.7. The minimum Gasteiger partial charge on any atom is -0.309 e. The van der Waals surface area contributed by atoms with E-state index in [-0.39, 0.29) is 42.7 Å². The van der Waals surface area contributed by atoms with Gasteiger partial charge >= 0.3 is 0 Å². The molecule has 2 aromatic carbocycles. The molecule has 2 heterocycles. The summed E-state index contributed by atoms with van der Waals surface area (Å²) in [6, 6.07) is 7.30. The fourth-order valence-electron chi connectivity index (χ4n) is 3.78. The monoisotopic (exact) mass is 530 g/mol. The summed E-state index contributed by atoms with van der Waals surface area (Å²) in [6.45, 7) is -0.314. The zero-order valence-corrected chi connectivity index (χ0v) is 19.6. The molecular weight excluding hydrogens is 512 g/mol. The maximum atomic E-state index is 13.9. The number of carbonyl (C=O) groups excluding carboxylic acids is 1. The lowest BCUT2D eigenvalue weighted by Crippen LogP contribution is -2.41. The predicted molar refractivity (Wildman–Crippen MR) is 119 cm³/mol. The Labute approximate surface area is 203 Å². The van der Waals surface area contributed by atoms with Crippen molar-refractivity contribution in [2.24, 2.45) is 5.92 Å². The molecule has 0 saturated carbocycles. The lowest BCUT2D eigenvalue weighted by molar-refractivity contribution is -0.120. The molecule has 3 aromatic rings. The van der Waals surface area contributed by atoms with Gasteiger partial charge in [-0.05, 0) is 37.1 Å². The van der Waals surface area contributed by atoms with Gasteiger partial charge in [-0.2, -0.15) is 9.40 Å². The Balaban J connectivity index is 1.36. The molecule has 1 amide bonds. The number of nitrogens with one attached hydrogen (secondary N) is 1. The number of carbonyl (C=O) groups is 1. The Hall–Kier alpha value is -2.96. The van der Waals surface area contributed by atoms with Crippen molar-refractivity contribution < 1.29 is 30.8 Å². The van der Waals surface area contributed by atoms with Gasteiger partial charge in [0.25, 0.3) is 0 Å². The van der Waals surface area contributed by atoms with Gasteiger partial charge in [-0.25, -0.2) is 26.0 Å². The molecule has 35 heavy (non-hydrogen) atoms. The van der Waals surface area contributed by atoms with Gasteiger partial charge in [-0.3, -0.25) is 9.48 Å². The van der Waals surface area contributed by atoms with Crippen LogP contribution in [-0.4, -0.2) is 41.5 Å². The summed E-state index contributed by atoms with van der Waals surface area (Å²) < 4.78 is 82.5. The highest BCUT2D eigenvalue weighted by Gasteiger charge is 2.32. The first-order valence-corrected chi connectivity index (χ1v) is 12.3. The first-order chi connectivity index (χ1) is 16.6. The van der Waals surface area contributed by atoms with Gasteiger partial charge in [0.2, 0.25) is 15.9 Å². The van der Waals surface area contributed by atoms with Gasteiger partial charge in [0.15, 0.2) is 29.1 Å². The average Bonchev–Trinajstić information content (AvgIpc) is 3.27. The first kappa shape index (κ1) is 25.1. The number of nitrogens with zero attached hydrogens (tertiary/aromatic N) is 3. The number of hydrogen-bond acceptors (Lipinski definition) is 4. The number of hydrogen-bond donors (Lipinski definition) is 1. The maximum Gasteiger partial charge on any atom is 0.243 e. The second-order valence-corrected chi connectivity index (χ2v) is 10.3. The third kappa shape index (κ3) is 5.34. The van der Waals surface area contributed by atoms with E-state index in [1.807, 2.05) is 0 Å². The number of piperidine rings is 1. The highest BCUT2D eigenvalue weighted by atomic mass is 35.5. The predicted octanol–water partition coefficient (Wildman–Crippen LogP) is 4.18. The van der Waals surface area contributed by atoms with E-state index in [0.717, 1.165) is 4.68 Å². The minimum atomic E-state index is -3.71. The van der Waals surface area contributed by atoms with Crippen LogP contribution in [0.2, 0.25) is 5.02 Å². The van der Waals surface area contributed by atoms with E-state index in [2.05, 4.69) is 10.4 Å². The molecule has 4 rings (SSSR count). The Morgan fingerprint density at radius 3 is 2.23 bits per heavy atom. The number of amides is 1. The van der Waals surface area contributed by atoms with Crippen LogP contribution >= 0.6 is 11.6 Å². The number of halogens is 5. The molecule has 0 atom stereocenters. The summed E-state index contributed by atoms with van der Waals surface area (Å²) in [5, 5.41) is 6.96. The smallest absolute Gasteiger partial charge is 0.243 e. The van der Waals surface area contributed by atoms with Crippen molar-refractivity contribution in [3.05, 3.63) is 76.5 Å². The van der Waals surface area contributed by atoms with E-state index in [0.29, 0.717) is 5.02 Å². The van der Waals surface area contributed by atoms with Crippen LogP contribution < -0.4 is 5.32 Å². The van der Waals surface area contributed by atoms with E-state index in [1.165, 1.54) is 40.8 Å². The third-order valence-electron chi connectivity index (χ3n) is 5.69. The SMILES string of the molecule is O=C(Nc1ccn(Cc2c(F)c(F)cc(F)c2F)n1)C1CCN(S(=O)(=O)c2ccc(Cl)cc2)CC1. The summed E-state index contributed by atoms with van der Waals surface area (Å²) in [5.74, 6) is -6.90. The van der Waals surface area contributed by atoms with Crippen molar-refractivity contribution in [3.63, 3.8) is 0 Å². The molecule has 1 fully saturated rings. The molecule has 13 heteroatoms. The van der Waals surface area contributed by atoms with Crippen LogP contribution in [0.5, 0.6) is 0 Å². The number of benzene rings is 2. The van der Waals surface area contributed by atoms with E-state index in [9.17, 15) is 30.8 Å². The van der Waals surface area contributed by atoms with Crippen LogP contribution in [0.3, 0.4) is 0 Å². The van der Waals surface area contributed by atoms with Crippen molar-refractivity contribution >= 4 is 33.3 Å². The van der Waals surface area contributed by atoms with Crippen LogP contribution in [0.25, 0.3) is 0 Å². The number of sulfonamides is 1. The number of aromatic nitrogens is 2. The van der Waals surface area contributed by atoms with Gasteiger partial charge in [-0.15, -0.1) is 0 Å². The summed E-state index contributed by atoms with van der Waals surface area (Å²) >= 11 is 5.81. The third-order valence-corrected chi connectivity index (χ3v) is 7.86. The fraction of sp³-hybridized carbons (Fsp3) is 0.273. The summed E-state index contributed by atoms with van der Waals surface area (Å²) in [7, 11) is -3.71. The molecular formula is C22H19ClF4N4O3S. The molecule has 0 unspecified atom stereocenters. The highest BCUT2D eigenvalue weighted by Crippen LogP contribution is 2.26. The largest absolute Gasteiger partial charge is 0.309 e. The molecule has 1 aliphatic heterocycles. The molecule has 1 aliphatic rings. The average molecular weight is 531 g/mol. The quantitative estimate of drug-likeness (QED) is 0.383. The highest BCUT2D eigenvalue weighted by molar-refractivity contribution is 7.89. The molecule has 0 bridgehead atoms. The molecule has 1 N–H and O–H groups in total. The molecule has 1 aromatic heterocycles. The molecule has 0 spiro atoms. The molecule has 7 nitrogen and oxygen atoms in total. The van der Waals surface area contributed by atoms with E-state index in [1.54, 1.807) is 0 Å². The van der Waals surface area contributed by atoms with Gasteiger partial charge in [0, 0.05) is 42.4 Å². The van der Waals surface area contributed by atoms with Gasteiger partial charge in [0.1, 0.15) is 0 Å². The van der Waals surface area contributed by atoms with Crippen molar-refractivity contribution in [1.82, 2.24) is 14.1 Å². The lowest BCUT2D eigenvalue weighted by Gasteiger charge is -2.30. The number of rotatable bonds is 6. The van der Waals surface area contributed by atoms with Crippen LogP contribution in [0, 0.1) is 29.2 Å². The van der Waals surface area contributed by atoms with E-state index < -0.39 is 57.2 Å². The molecule has 0 aliphatic carbocycles. The zero-order valence-electron chi connectivity index (χ0n) is 18.0.